The molecule has 0 N–H and O–H groups in total. The Bertz CT molecular complexity index is 529. The van der Waals surface area contributed by atoms with E-state index in [0.29, 0.717) is 26.1 Å². The van der Waals surface area contributed by atoms with Crippen LogP contribution in [0.5, 0.6) is 5.75 Å². The van der Waals surface area contributed by atoms with Gasteiger partial charge in [0.05, 0.1) is 26.1 Å². The van der Waals surface area contributed by atoms with Crippen LogP contribution in [-0.2, 0) is 20.7 Å². The summed E-state index contributed by atoms with van der Waals surface area (Å²) < 4.78 is 10.2. The van der Waals surface area contributed by atoms with Crippen molar-refractivity contribution in [3.8, 4) is 5.75 Å². The molecule has 2 rings (SSSR count). The van der Waals surface area contributed by atoms with Crippen LogP contribution in [0.2, 0.25) is 0 Å². The monoisotopic (exact) mass is 305 g/mol. The molecule has 0 unspecified atom stereocenters. The highest BCUT2D eigenvalue weighted by Gasteiger charge is 2.29. The average molecular weight is 305 g/mol. The molecule has 0 spiro atoms. The van der Waals surface area contributed by atoms with E-state index in [-0.39, 0.29) is 17.8 Å². The second kappa shape index (κ2) is 7.82. The van der Waals surface area contributed by atoms with Gasteiger partial charge < -0.3 is 14.4 Å². The maximum atomic E-state index is 12.4. The number of rotatable bonds is 5. The van der Waals surface area contributed by atoms with Crippen molar-refractivity contribution < 1.29 is 19.1 Å². The molecule has 0 radical (unpaired) electrons. The normalized spacial score (nSPS) is 17.9. The lowest BCUT2D eigenvalue weighted by atomic mass is 9.97. The van der Waals surface area contributed by atoms with Crippen molar-refractivity contribution in [1.82, 2.24) is 4.90 Å². The first-order chi connectivity index (χ1) is 10.6. The van der Waals surface area contributed by atoms with Crippen molar-refractivity contribution >= 4 is 11.9 Å². The largest absolute Gasteiger partial charge is 0.497 e. The second-order valence-corrected chi connectivity index (χ2v) is 5.46. The van der Waals surface area contributed by atoms with Gasteiger partial charge in [-0.15, -0.1) is 0 Å². The lowest BCUT2D eigenvalue weighted by Crippen LogP contribution is -2.43. The molecule has 5 heteroatoms. The smallest absolute Gasteiger partial charge is 0.310 e. The zero-order valence-electron chi connectivity index (χ0n) is 13.2. The van der Waals surface area contributed by atoms with Crippen LogP contribution in [0.15, 0.2) is 24.3 Å². The molecule has 0 bridgehead atoms. The Morgan fingerprint density at radius 1 is 1.36 bits per heavy atom. The van der Waals surface area contributed by atoms with Gasteiger partial charge in [-0.1, -0.05) is 12.1 Å². The third-order valence-electron chi connectivity index (χ3n) is 3.88. The lowest BCUT2D eigenvalue weighted by molar-refractivity contribution is -0.151. The van der Waals surface area contributed by atoms with Crippen molar-refractivity contribution in [3.05, 3.63) is 29.8 Å². The van der Waals surface area contributed by atoms with E-state index in [1.54, 1.807) is 18.9 Å². The fourth-order valence-electron chi connectivity index (χ4n) is 2.73. The minimum Gasteiger partial charge on any atom is -0.497 e. The second-order valence-electron chi connectivity index (χ2n) is 5.46. The first kappa shape index (κ1) is 16.3. The van der Waals surface area contributed by atoms with Crippen molar-refractivity contribution in [2.24, 2.45) is 5.92 Å². The molecule has 0 aromatic heterocycles. The van der Waals surface area contributed by atoms with E-state index in [4.69, 9.17) is 9.47 Å². The Kier molecular flexibility index (Phi) is 5.81. The molecule has 0 aliphatic carbocycles. The number of hydrogen-bond acceptors (Lipinski definition) is 4. The van der Waals surface area contributed by atoms with Gasteiger partial charge in [-0.2, -0.15) is 0 Å². The van der Waals surface area contributed by atoms with Gasteiger partial charge in [0.15, 0.2) is 0 Å². The zero-order chi connectivity index (χ0) is 15.9. The minimum atomic E-state index is -0.193. The maximum absolute atomic E-state index is 12.4. The molecular formula is C17H23NO4. The summed E-state index contributed by atoms with van der Waals surface area (Å²) in [5.74, 6) is 0.403. The standard InChI is InChI=1S/C17H23NO4/c1-3-22-17(20)14-7-5-9-18(12-14)16(19)11-13-6-4-8-15(10-13)21-2/h4,6,8,10,14H,3,5,7,9,11-12H2,1-2H3/t14-/m1/s1. The van der Waals surface area contributed by atoms with E-state index in [2.05, 4.69) is 0 Å². The fourth-order valence-corrected chi connectivity index (χ4v) is 2.73. The van der Waals surface area contributed by atoms with Crippen molar-refractivity contribution in [2.75, 3.05) is 26.8 Å². The quantitative estimate of drug-likeness (QED) is 0.781. The van der Waals surface area contributed by atoms with Crippen LogP contribution in [0.4, 0.5) is 0 Å². The van der Waals surface area contributed by atoms with Crippen LogP contribution >= 0.6 is 0 Å². The van der Waals surface area contributed by atoms with E-state index in [1.807, 2.05) is 24.3 Å². The minimum absolute atomic E-state index is 0.0438. The van der Waals surface area contributed by atoms with Gasteiger partial charge in [-0.25, -0.2) is 0 Å². The van der Waals surface area contributed by atoms with Crippen LogP contribution in [0.25, 0.3) is 0 Å². The number of esters is 1. The summed E-state index contributed by atoms with van der Waals surface area (Å²) in [5.41, 5.74) is 0.919. The van der Waals surface area contributed by atoms with Crippen LogP contribution < -0.4 is 4.74 Å². The third kappa shape index (κ3) is 4.23. The highest BCUT2D eigenvalue weighted by Crippen LogP contribution is 2.20. The summed E-state index contributed by atoms with van der Waals surface area (Å²) in [6.45, 7) is 3.35. The fraction of sp³-hybridized carbons (Fsp3) is 0.529. The highest BCUT2D eigenvalue weighted by molar-refractivity contribution is 5.80. The van der Waals surface area contributed by atoms with E-state index < -0.39 is 0 Å². The van der Waals surface area contributed by atoms with Crippen LogP contribution in [0, 0.1) is 5.92 Å². The summed E-state index contributed by atoms with van der Waals surface area (Å²) >= 11 is 0. The predicted octanol–water partition coefficient (Wildman–Crippen LogP) is 2.04. The van der Waals surface area contributed by atoms with Gasteiger partial charge in [0.2, 0.25) is 5.91 Å². The molecule has 1 aliphatic heterocycles. The van der Waals surface area contributed by atoms with Gasteiger partial charge in [0.25, 0.3) is 0 Å². The molecule has 22 heavy (non-hydrogen) atoms. The predicted molar refractivity (Wildman–Crippen MR) is 82.6 cm³/mol. The van der Waals surface area contributed by atoms with Gasteiger partial charge in [0.1, 0.15) is 5.75 Å². The molecular weight excluding hydrogens is 282 g/mol. The Hall–Kier alpha value is -2.04. The van der Waals surface area contributed by atoms with E-state index in [9.17, 15) is 9.59 Å². The number of carbonyl (C=O) groups is 2. The van der Waals surface area contributed by atoms with E-state index in [0.717, 1.165) is 24.2 Å². The molecule has 1 saturated heterocycles. The number of piperidine rings is 1. The number of benzene rings is 1. The molecule has 0 saturated carbocycles. The van der Waals surface area contributed by atoms with Crippen LogP contribution in [0.3, 0.4) is 0 Å². The molecule has 1 aliphatic rings. The Morgan fingerprint density at radius 2 is 2.18 bits per heavy atom. The molecule has 1 amide bonds. The van der Waals surface area contributed by atoms with Crippen molar-refractivity contribution in [1.29, 1.82) is 0 Å². The van der Waals surface area contributed by atoms with Gasteiger partial charge >= 0.3 is 5.97 Å². The Morgan fingerprint density at radius 3 is 2.91 bits per heavy atom. The topological polar surface area (TPSA) is 55.8 Å². The van der Waals surface area contributed by atoms with Gasteiger partial charge in [0, 0.05) is 13.1 Å². The number of likely N-dealkylation sites (tertiary alicyclic amines) is 1. The third-order valence-corrected chi connectivity index (χ3v) is 3.88. The summed E-state index contributed by atoms with van der Waals surface area (Å²) in [4.78, 5) is 26.0. The van der Waals surface area contributed by atoms with Crippen molar-refractivity contribution in [3.63, 3.8) is 0 Å². The first-order valence-electron chi connectivity index (χ1n) is 7.71. The summed E-state index contributed by atoms with van der Waals surface area (Å²) in [6, 6.07) is 7.50. The summed E-state index contributed by atoms with van der Waals surface area (Å²) in [5, 5.41) is 0. The van der Waals surface area contributed by atoms with E-state index >= 15 is 0 Å². The molecule has 1 atom stereocenters. The molecule has 5 nitrogen and oxygen atoms in total. The van der Waals surface area contributed by atoms with E-state index in [1.165, 1.54) is 0 Å². The highest BCUT2D eigenvalue weighted by atomic mass is 16.5. The maximum Gasteiger partial charge on any atom is 0.310 e. The molecule has 1 aromatic rings. The Labute approximate surface area is 131 Å². The number of amides is 1. The number of hydrogen-bond donors (Lipinski definition) is 0. The average Bonchev–Trinajstić information content (AvgIpc) is 2.55. The summed E-state index contributed by atoms with van der Waals surface area (Å²) in [6.07, 6.45) is 1.96. The zero-order valence-corrected chi connectivity index (χ0v) is 13.2. The van der Waals surface area contributed by atoms with Crippen LogP contribution in [-0.4, -0.2) is 43.6 Å². The molecule has 1 fully saturated rings. The number of carbonyl (C=O) groups excluding carboxylic acids is 2. The number of methoxy groups -OCH3 is 1. The SMILES string of the molecule is CCOC(=O)[C@@H]1CCCN(C(=O)Cc2cccc(OC)c2)C1. The molecule has 120 valence electrons. The van der Waals surface area contributed by atoms with Crippen molar-refractivity contribution in [2.45, 2.75) is 26.2 Å². The number of nitrogens with zero attached hydrogens (tertiary/aromatic N) is 1. The van der Waals surface area contributed by atoms with Gasteiger partial charge in [-0.3, -0.25) is 9.59 Å². The van der Waals surface area contributed by atoms with Crippen LogP contribution in [0.1, 0.15) is 25.3 Å². The van der Waals surface area contributed by atoms with Gasteiger partial charge in [-0.05, 0) is 37.5 Å². The molecule has 1 aromatic carbocycles. The number of ether oxygens (including phenoxy) is 2. The first-order valence-corrected chi connectivity index (χ1v) is 7.71. The lowest BCUT2D eigenvalue weighted by Gasteiger charge is -2.31. The molecule has 1 heterocycles. The Balaban J connectivity index is 1.95. The summed E-state index contributed by atoms with van der Waals surface area (Å²) in [7, 11) is 1.61.